The molecule has 0 radical (unpaired) electrons. The van der Waals surface area contributed by atoms with Crippen LogP contribution in [0.5, 0.6) is 0 Å². The molecule has 128 valence electrons. The van der Waals surface area contributed by atoms with Crippen molar-refractivity contribution in [2.24, 2.45) is 0 Å². The first-order valence-electron chi connectivity index (χ1n) is 7.94. The van der Waals surface area contributed by atoms with Crippen LogP contribution in [0.2, 0.25) is 0 Å². The molecule has 0 bridgehead atoms. The third-order valence-corrected chi connectivity index (χ3v) is 5.57. The minimum atomic E-state index is -0.540. The van der Waals surface area contributed by atoms with Crippen LogP contribution in [-0.4, -0.2) is 19.5 Å². The SMILES string of the molecule is Nc1nc(Cn2cc([N+](=O)[O-])ccc2=O)nc2sc3c(c12)CCCC3. The molecule has 0 aliphatic heterocycles. The van der Waals surface area contributed by atoms with Gasteiger partial charge in [0, 0.05) is 17.0 Å². The van der Waals surface area contributed by atoms with Crippen LogP contribution in [0.4, 0.5) is 11.5 Å². The largest absolute Gasteiger partial charge is 0.383 e. The van der Waals surface area contributed by atoms with E-state index in [1.54, 1.807) is 11.3 Å². The van der Waals surface area contributed by atoms with Crippen LogP contribution in [0.3, 0.4) is 0 Å². The number of pyridine rings is 1. The van der Waals surface area contributed by atoms with Crippen molar-refractivity contribution in [2.75, 3.05) is 5.73 Å². The average molecular weight is 357 g/mol. The maximum atomic E-state index is 12.0. The number of rotatable bonds is 3. The molecule has 0 saturated heterocycles. The Morgan fingerprint density at radius 3 is 2.88 bits per heavy atom. The summed E-state index contributed by atoms with van der Waals surface area (Å²) in [6.07, 6.45) is 5.54. The van der Waals surface area contributed by atoms with Crippen LogP contribution < -0.4 is 11.3 Å². The third-order valence-electron chi connectivity index (χ3n) is 4.38. The van der Waals surface area contributed by atoms with Crippen molar-refractivity contribution in [1.29, 1.82) is 0 Å². The molecular weight excluding hydrogens is 342 g/mol. The van der Waals surface area contributed by atoms with Crippen molar-refractivity contribution in [1.82, 2.24) is 14.5 Å². The molecule has 0 spiro atoms. The molecule has 1 aliphatic rings. The highest BCUT2D eigenvalue weighted by atomic mass is 32.1. The van der Waals surface area contributed by atoms with E-state index in [0.717, 1.165) is 29.5 Å². The van der Waals surface area contributed by atoms with Crippen molar-refractivity contribution >= 4 is 33.1 Å². The van der Waals surface area contributed by atoms with Gasteiger partial charge in [-0.25, -0.2) is 9.97 Å². The van der Waals surface area contributed by atoms with Crippen molar-refractivity contribution in [3.63, 3.8) is 0 Å². The molecular formula is C16H15N5O3S. The summed E-state index contributed by atoms with van der Waals surface area (Å²) in [5.74, 6) is 0.795. The summed E-state index contributed by atoms with van der Waals surface area (Å²) in [5, 5.41) is 11.8. The predicted molar refractivity (Wildman–Crippen MR) is 94.9 cm³/mol. The minimum absolute atomic E-state index is 0.0449. The fourth-order valence-corrected chi connectivity index (χ4v) is 4.49. The summed E-state index contributed by atoms with van der Waals surface area (Å²) < 4.78 is 1.23. The van der Waals surface area contributed by atoms with Crippen LogP contribution in [0.25, 0.3) is 10.2 Å². The second kappa shape index (κ2) is 5.92. The molecule has 1 aliphatic carbocycles. The number of anilines is 1. The number of nitrogen functional groups attached to an aromatic ring is 1. The van der Waals surface area contributed by atoms with Gasteiger partial charge in [0.2, 0.25) is 0 Å². The second-order valence-electron chi connectivity index (χ2n) is 6.03. The lowest BCUT2D eigenvalue weighted by Gasteiger charge is -2.11. The molecule has 9 heteroatoms. The van der Waals surface area contributed by atoms with Crippen molar-refractivity contribution < 1.29 is 4.92 Å². The van der Waals surface area contributed by atoms with E-state index in [4.69, 9.17) is 5.73 Å². The maximum Gasteiger partial charge on any atom is 0.285 e. The van der Waals surface area contributed by atoms with Crippen LogP contribution in [0.15, 0.2) is 23.1 Å². The molecule has 0 aromatic carbocycles. The Bertz CT molecular complexity index is 1060. The lowest BCUT2D eigenvalue weighted by molar-refractivity contribution is -0.385. The minimum Gasteiger partial charge on any atom is -0.383 e. The predicted octanol–water partition coefficient (Wildman–Crippen LogP) is 2.27. The maximum absolute atomic E-state index is 12.0. The topological polar surface area (TPSA) is 117 Å². The Balaban J connectivity index is 1.77. The quantitative estimate of drug-likeness (QED) is 0.567. The number of hydrogen-bond acceptors (Lipinski definition) is 7. The lowest BCUT2D eigenvalue weighted by atomic mass is 9.97. The number of aromatic nitrogens is 3. The van der Waals surface area contributed by atoms with E-state index >= 15 is 0 Å². The van der Waals surface area contributed by atoms with Crippen molar-refractivity contribution in [3.8, 4) is 0 Å². The lowest BCUT2D eigenvalue weighted by Crippen LogP contribution is -2.20. The Morgan fingerprint density at radius 1 is 1.28 bits per heavy atom. The van der Waals surface area contributed by atoms with Crippen LogP contribution in [-0.2, 0) is 19.4 Å². The summed E-state index contributed by atoms with van der Waals surface area (Å²) in [4.78, 5) is 33.3. The Morgan fingerprint density at radius 2 is 2.08 bits per heavy atom. The molecule has 0 atom stereocenters. The molecule has 0 amide bonds. The number of fused-ring (bicyclic) bond motifs is 3. The zero-order valence-electron chi connectivity index (χ0n) is 13.3. The first-order chi connectivity index (χ1) is 12.0. The monoisotopic (exact) mass is 357 g/mol. The standard InChI is InChI=1S/C16H15N5O3S/c17-15-14-10-3-1-2-4-11(10)25-16(14)19-12(18-15)8-20-7-9(21(23)24)5-6-13(20)22/h5-7H,1-4,8H2,(H2,17,18,19). The summed E-state index contributed by atoms with van der Waals surface area (Å²) in [5.41, 5.74) is 6.91. The van der Waals surface area contributed by atoms with E-state index in [1.807, 2.05) is 0 Å². The zero-order valence-corrected chi connectivity index (χ0v) is 14.1. The molecule has 0 saturated carbocycles. The Hall–Kier alpha value is -2.81. The van der Waals surface area contributed by atoms with Gasteiger partial charge in [0.1, 0.15) is 10.6 Å². The van der Waals surface area contributed by atoms with Gasteiger partial charge < -0.3 is 10.3 Å². The summed E-state index contributed by atoms with van der Waals surface area (Å²) >= 11 is 1.62. The van der Waals surface area contributed by atoms with Crippen LogP contribution in [0.1, 0.15) is 29.1 Å². The van der Waals surface area contributed by atoms with Crippen LogP contribution in [0, 0.1) is 10.1 Å². The number of aryl methyl sites for hydroxylation is 2. The van der Waals surface area contributed by atoms with E-state index in [1.165, 1.54) is 39.8 Å². The van der Waals surface area contributed by atoms with Crippen molar-refractivity contribution in [3.05, 3.63) is 55.1 Å². The molecule has 0 unspecified atom stereocenters. The van der Waals surface area contributed by atoms with Crippen LogP contribution >= 0.6 is 11.3 Å². The molecule has 2 N–H and O–H groups in total. The van der Waals surface area contributed by atoms with E-state index in [9.17, 15) is 14.9 Å². The van der Waals surface area contributed by atoms with Gasteiger partial charge in [-0.3, -0.25) is 14.9 Å². The van der Waals surface area contributed by atoms with E-state index in [0.29, 0.717) is 11.6 Å². The van der Waals surface area contributed by atoms with Gasteiger partial charge in [-0.05, 0) is 31.2 Å². The first-order valence-corrected chi connectivity index (χ1v) is 8.76. The number of thiophene rings is 1. The molecule has 8 nitrogen and oxygen atoms in total. The smallest absolute Gasteiger partial charge is 0.285 e. The first kappa shape index (κ1) is 15.7. The molecule has 4 rings (SSSR count). The number of nitro groups is 1. The zero-order chi connectivity index (χ0) is 17.6. The number of hydrogen-bond donors (Lipinski definition) is 1. The van der Waals surface area contributed by atoms with Crippen molar-refractivity contribution in [2.45, 2.75) is 32.2 Å². The number of nitrogens with two attached hydrogens (primary N) is 1. The van der Waals surface area contributed by atoms with Gasteiger partial charge in [0.25, 0.3) is 11.2 Å². The highest BCUT2D eigenvalue weighted by Crippen LogP contribution is 2.37. The fraction of sp³-hybridized carbons (Fsp3) is 0.312. The van der Waals surface area contributed by atoms with E-state index in [-0.39, 0.29) is 17.8 Å². The van der Waals surface area contributed by atoms with E-state index in [2.05, 4.69) is 9.97 Å². The molecule has 25 heavy (non-hydrogen) atoms. The van der Waals surface area contributed by atoms with Gasteiger partial charge in [-0.2, -0.15) is 0 Å². The van der Waals surface area contributed by atoms with Gasteiger partial charge in [-0.1, -0.05) is 0 Å². The normalized spacial score (nSPS) is 13.8. The van der Waals surface area contributed by atoms with Gasteiger partial charge in [0.05, 0.1) is 23.1 Å². The second-order valence-corrected chi connectivity index (χ2v) is 7.11. The van der Waals surface area contributed by atoms with Gasteiger partial charge in [-0.15, -0.1) is 11.3 Å². The van der Waals surface area contributed by atoms with Gasteiger partial charge in [0.15, 0.2) is 5.82 Å². The fourth-order valence-electron chi connectivity index (χ4n) is 3.20. The Labute approximate surface area is 146 Å². The molecule has 3 aromatic heterocycles. The van der Waals surface area contributed by atoms with E-state index < -0.39 is 4.92 Å². The highest BCUT2D eigenvalue weighted by Gasteiger charge is 2.20. The Kier molecular flexibility index (Phi) is 3.72. The van der Waals surface area contributed by atoms with Gasteiger partial charge >= 0.3 is 0 Å². The third kappa shape index (κ3) is 2.76. The summed E-state index contributed by atoms with van der Waals surface area (Å²) in [6, 6.07) is 2.36. The molecule has 0 fully saturated rings. The average Bonchev–Trinajstić information content (AvgIpc) is 2.95. The molecule has 3 aromatic rings. The summed E-state index contributed by atoms with van der Waals surface area (Å²) in [6.45, 7) is 0.0449. The molecule has 3 heterocycles. The number of nitrogens with zero attached hydrogens (tertiary/aromatic N) is 4. The highest BCUT2D eigenvalue weighted by molar-refractivity contribution is 7.19. The summed E-state index contributed by atoms with van der Waals surface area (Å²) in [7, 11) is 0.